The highest BCUT2D eigenvalue weighted by atomic mass is 32.1. The molecule has 1 aromatic heterocycles. The molecule has 0 fully saturated rings. The quantitative estimate of drug-likeness (QED) is 0.593. The molecular weight excluding hydrogens is 379 g/mol. The predicted octanol–water partition coefficient (Wildman–Crippen LogP) is 3.58. The summed E-state index contributed by atoms with van der Waals surface area (Å²) in [6.45, 7) is 0.0370. The van der Waals surface area contributed by atoms with Crippen LogP contribution in [-0.4, -0.2) is 22.4 Å². The average molecular weight is 393 g/mol. The predicted molar refractivity (Wildman–Crippen MR) is 97.2 cm³/mol. The SMILES string of the molecule is O=C(NCCc1ccccc1C(F)(F)F)c1ccc2c(=O)[nH]c(=S)[nH]c2c1. The van der Waals surface area contributed by atoms with Crippen molar-refractivity contribution in [3.63, 3.8) is 0 Å². The van der Waals surface area contributed by atoms with E-state index < -0.39 is 17.6 Å². The topological polar surface area (TPSA) is 77.8 Å². The molecule has 0 unspecified atom stereocenters. The number of carbonyl (C=O) groups excluding carboxylic acids is 1. The molecule has 1 amide bonds. The van der Waals surface area contributed by atoms with Crippen LogP contribution in [-0.2, 0) is 12.6 Å². The van der Waals surface area contributed by atoms with E-state index in [0.29, 0.717) is 10.9 Å². The second kappa shape index (κ2) is 7.36. The lowest BCUT2D eigenvalue weighted by molar-refractivity contribution is -0.138. The number of hydrogen-bond donors (Lipinski definition) is 3. The van der Waals surface area contributed by atoms with Gasteiger partial charge in [-0.25, -0.2) is 0 Å². The van der Waals surface area contributed by atoms with Gasteiger partial charge in [-0.15, -0.1) is 0 Å². The summed E-state index contributed by atoms with van der Waals surface area (Å²) in [5.74, 6) is -0.457. The van der Waals surface area contributed by atoms with Crippen molar-refractivity contribution in [1.82, 2.24) is 15.3 Å². The van der Waals surface area contributed by atoms with Crippen molar-refractivity contribution in [3.05, 3.63) is 74.3 Å². The third-order valence-corrected chi connectivity index (χ3v) is 4.21. The van der Waals surface area contributed by atoms with Crippen LogP contribution in [0.1, 0.15) is 21.5 Å². The largest absolute Gasteiger partial charge is 0.416 e. The van der Waals surface area contributed by atoms with Gasteiger partial charge in [0, 0.05) is 12.1 Å². The Labute approximate surface area is 156 Å². The molecule has 3 aromatic rings. The minimum absolute atomic E-state index is 0.0370. The molecule has 0 radical (unpaired) electrons. The molecule has 0 aliphatic rings. The van der Waals surface area contributed by atoms with E-state index in [9.17, 15) is 22.8 Å². The smallest absolute Gasteiger partial charge is 0.352 e. The van der Waals surface area contributed by atoms with Gasteiger partial charge in [-0.1, -0.05) is 18.2 Å². The summed E-state index contributed by atoms with van der Waals surface area (Å²) in [6.07, 6.45) is -4.40. The van der Waals surface area contributed by atoms with Gasteiger partial charge in [0.25, 0.3) is 11.5 Å². The van der Waals surface area contributed by atoms with E-state index in [-0.39, 0.29) is 34.4 Å². The molecule has 140 valence electrons. The standard InChI is InChI=1S/C18H14F3N3O2S/c19-18(20,21)13-4-2-1-3-10(13)7-8-22-15(25)11-5-6-12-14(9-11)23-17(27)24-16(12)26/h1-6,9H,7-8H2,(H,22,25)(H2,23,24,26,27). The highest BCUT2D eigenvalue weighted by Crippen LogP contribution is 2.31. The summed E-state index contributed by atoms with van der Waals surface area (Å²) in [4.78, 5) is 29.3. The van der Waals surface area contributed by atoms with Crippen molar-refractivity contribution in [1.29, 1.82) is 0 Å². The normalized spacial score (nSPS) is 11.5. The van der Waals surface area contributed by atoms with Gasteiger partial charge in [0.2, 0.25) is 0 Å². The molecule has 5 nitrogen and oxygen atoms in total. The lowest BCUT2D eigenvalue weighted by Crippen LogP contribution is -2.26. The molecule has 9 heteroatoms. The molecule has 3 rings (SSSR count). The van der Waals surface area contributed by atoms with Gasteiger partial charge in [-0.2, -0.15) is 13.2 Å². The number of hydrogen-bond acceptors (Lipinski definition) is 3. The van der Waals surface area contributed by atoms with Gasteiger partial charge in [0.05, 0.1) is 16.5 Å². The number of alkyl halides is 3. The highest BCUT2D eigenvalue weighted by molar-refractivity contribution is 7.71. The lowest BCUT2D eigenvalue weighted by atomic mass is 10.0. The third kappa shape index (κ3) is 4.25. The molecule has 1 heterocycles. The minimum atomic E-state index is -4.44. The fraction of sp³-hybridized carbons (Fsp3) is 0.167. The first kappa shape index (κ1) is 18.8. The first-order valence-corrected chi connectivity index (χ1v) is 8.36. The van der Waals surface area contributed by atoms with Gasteiger partial charge < -0.3 is 10.3 Å². The summed E-state index contributed by atoms with van der Waals surface area (Å²) in [7, 11) is 0. The fourth-order valence-electron chi connectivity index (χ4n) is 2.74. The number of amides is 1. The molecule has 0 aliphatic carbocycles. The number of rotatable bonds is 4. The maximum Gasteiger partial charge on any atom is 0.416 e. The Hall–Kier alpha value is -2.94. The highest BCUT2D eigenvalue weighted by Gasteiger charge is 2.32. The first-order valence-electron chi connectivity index (χ1n) is 7.95. The molecule has 0 saturated heterocycles. The number of carbonyl (C=O) groups is 1. The van der Waals surface area contributed by atoms with Crippen molar-refractivity contribution >= 4 is 29.0 Å². The third-order valence-electron chi connectivity index (χ3n) is 4.00. The van der Waals surface area contributed by atoms with Crippen molar-refractivity contribution in [3.8, 4) is 0 Å². The molecular formula is C18H14F3N3O2S. The van der Waals surface area contributed by atoms with Crippen LogP contribution >= 0.6 is 12.2 Å². The number of H-pyrrole nitrogens is 2. The summed E-state index contributed by atoms with van der Waals surface area (Å²) in [5, 5.41) is 2.93. The summed E-state index contributed by atoms with van der Waals surface area (Å²) >= 11 is 4.90. The van der Waals surface area contributed by atoms with E-state index in [0.717, 1.165) is 6.07 Å². The van der Waals surface area contributed by atoms with Crippen LogP contribution < -0.4 is 10.9 Å². The second-order valence-electron chi connectivity index (χ2n) is 5.83. The minimum Gasteiger partial charge on any atom is -0.352 e. The zero-order valence-electron chi connectivity index (χ0n) is 13.8. The van der Waals surface area contributed by atoms with E-state index in [4.69, 9.17) is 12.2 Å². The second-order valence-corrected chi connectivity index (χ2v) is 6.24. The molecule has 0 atom stereocenters. The number of fused-ring (bicyclic) bond motifs is 1. The summed E-state index contributed by atoms with van der Waals surface area (Å²) in [5.41, 5.74) is -0.303. The van der Waals surface area contributed by atoms with Crippen LogP contribution in [0.3, 0.4) is 0 Å². The number of benzene rings is 2. The van der Waals surface area contributed by atoms with Gasteiger partial charge in [-0.3, -0.25) is 14.6 Å². The number of aromatic nitrogens is 2. The Balaban J connectivity index is 1.73. The molecule has 3 N–H and O–H groups in total. The van der Waals surface area contributed by atoms with Crippen LogP contribution in [0, 0.1) is 4.77 Å². The molecule has 0 spiro atoms. The van der Waals surface area contributed by atoms with Gasteiger partial charge in [0.1, 0.15) is 0 Å². The summed E-state index contributed by atoms with van der Waals surface area (Å²) in [6, 6.07) is 9.67. The monoisotopic (exact) mass is 393 g/mol. The van der Waals surface area contributed by atoms with Gasteiger partial charge >= 0.3 is 6.18 Å². The Kier molecular flexibility index (Phi) is 5.13. The Morgan fingerprint density at radius 2 is 1.85 bits per heavy atom. The molecule has 2 aromatic carbocycles. The fourth-order valence-corrected chi connectivity index (χ4v) is 2.94. The zero-order chi connectivity index (χ0) is 19.6. The van der Waals surface area contributed by atoms with E-state index in [1.165, 1.54) is 36.4 Å². The lowest BCUT2D eigenvalue weighted by Gasteiger charge is -2.13. The van der Waals surface area contributed by atoms with Crippen LogP contribution in [0.25, 0.3) is 10.9 Å². The van der Waals surface area contributed by atoms with Gasteiger partial charge in [0.15, 0.2) is 4.77 Å². The van der Waals surface area contributed by atoms with Crippen molar-refractivity contribution in [2.45, 2.75) is 12.6 Å². The van der Waals surface area contributed by atoms with E-state index >= 15 is 0 Å². The van der Waals surface area contributed by atoms with E-state index in [2.05, 4.69) is 15.3 Å². The summed E-state index contributed by atoms with van der Waals surface area (Å²) < 4.78 is 39.1. The Bertz CT molecular complexity index is 1120. The van der Waals surface area contributed by atoms with Crippen LogP contribution in [0.4, 0.5) is 13.2 Å². The van der Waals surface area contributed by atoms with Crippen LogP contribution in [0.15, 0.2) is 47.3 Å². The van der Waals surface area contributed by atoms with Crippen molar-refractivity contribution < 1.29 is 18.0 Å². The zero-order valence-corrected chi connectivity index (χ0v) is 14.6. The Morgan fingerprint density at radius 1 is 1.11 bits per heavy atom. The van der Waals surface area contributed by atoms with E-state index in [1.807, 2.05) is 0 Å². The molecule has 0 aliphatic heterocycles. The Morgan fingerprint density at radius 3 is 2.59 bits per heavy atom. The average Bonchev–Trinajstić information content (AvgIpc) is 2.60. The number of aromatic amines is 2. The van der Waals surface area contributed by atoms with Crippen LogP contribution in [0.2, 0.25) is 0 Å². The van der Waals surface area contributed by atoms with Crippen molar-refractivity contribution in [2.75, 3.05) is 6.54 Å². The molecule has 0 bridgehead atoms. The number of nitrogens with one attached hydrogen (secondary N) is 3. The number of halogens is 3. The van der Waals surface area contributed by atoms with Crippen LogP contribution in [0.5, 0.6) is 0 Å². The molecule has 0 saturated carbocycles. The van der Waals surface area contributed by atoms with E-state index in [1.54, 1.807) is 0 Å². The van der Waals surface area contributed by atoms with Crippen molar-refractivity contribution in [2.24, 2.45) is 0 Å². The molecule has 27 heavy (non-hydrogen) atoms. The first-order chi connectivity index (χ1) is 12.8. The van der Waals surface area contributed by atoms with Gasteiger partial charge in [-0.05, 0) is 48.5 Å². The maximum absolute atomic E-state index is 13.0. The maximum atomic E-state index is 13.0.